The van der Waals surface area contributed by atoms with Gasteiger partial charge in [-0.1, -0.05) is 41.4 Å². The Morgan fingerprint density at radius 2 is 1.89 bits per heavy atom. The fraction of sp³-hybridized carbons (Fsp3) is 0.148. The lowest BCUT2D eigenvalue weighted by atomic mass is 9.98. The summed E-state index contributed by atoms with van der Waals surface area (Å²) in [5.41, 5.74) is 7.59. The van der Waals surface area contributed by atoms with E-state index in [2.05, 4.69) is 9.73 Å². The molecule has 0 saturated carbocycles. The number of carbonyl (C=O) groups is 2. The topological polar surface area (TPSA) is 114 Å². The Kier molecular flexibility index (Phi) is 7.89. The van der Waals surface area contributed by atoms with E-state index >= 15 is 0 Å². The molecule has 8 nitrogen and oxygen atoms in total. The molecule has 3 N–H and O–H groups in total. The maximum absolute atomic E-state index is 15.0. The molecule has 1 aliphatic heterocycles. The van der Waals surface area contributed by atoms with Crippen LogP contribution in [0, 0.1) is 5.82 Å². The molecule has 196 valence electrons. The number of allylic oxidation sites excluding steroid dienone is 1. The van der Waals surface area contributed by atoms with E-state index in [1.807, 2.05) is 0 Å². The first-order valence-electron chi connectivity index (χ1n) is 11.2. The number of hydrogen-bond donors (Lipinski definition) is 2. The van der Waals surface area contributed by atoms with Crippen LogP contribution in [0.4, 0.5) is 4.39 Å². The van der Waals surface area contributed by atoms with Gasteiger partial charge in [0.15, 0.2) is 6.73 Å². The number of nitrogens with two attached hydrogens (primary N) is 1. The summed E-state index contributed by atoms with van der Waals surface area (Å²) in [5.74, 6) is -2.19. The van der Waals surface area contributed by atoms with Crippen molar-refractivity contribution >= 4 is 46.9 Å². The first-order valence-corrected chi connectivity index (χ1v) is 11.9. The van der Waals surface area contributed by atoms with Crippen molar-refractivity contribution < 1.29 is 28.6 Å². The van der Waals surface area contributed by atoms with Gasteiger partial charge in [0.05, 0.1) is 29.3 Å². The zero-order valence-electron chi connectivity index (χ0n) is 20.3. The number of amides is 1. The number of para-hydroxylation sites is 1. The summed E-state index contributed by atoms with van der Waals surface area (Å²) in [7, 11) is 2.73. The van der Waals surface area contributed by atoms with E-state index in [0.29, 0.717) is 28.0 Å². The van der Waals surface area contributed by atoms with Gasteiger partial charge in [0, 0.05) is 41.7 Å². The van der Waals surface area contributed by atoms with Gasteiger partial charge in [0.25, 0.3) is 5.91 Å². The van der Waals surface area contributed by atoms with Gasteiger partial charge in [-0.2, -0.15) is 0 Å². The van der Waals surface area contributed by atoms with E-state index in [4.69, 9.17) is 33.7 Å². The number of halogens is 3. The Morgan fingerprint density at radius 3 is 2.53 bits per heavy atom. The number of esters is 1. The number of aromatic hydroxyl groups is 1. The van der Waals surface area contributed by atoms with E-state index in [0.717, 1.165) is 19.2 Å². The van der Waals surface area contributed by atoms with Gasteiger partial charge in [-0.3, -0.25) is 9.79 Å². The molecule has 4 rings (SSSR count). The van der Waals surface area contributed by atoms with Crippen LogP contribution in [0.15, 0.2) is 53.7 Å². The van der Waals surface area contributed by atoms with Gasteiger partial charge >= 0.3 is 5.97 Å². The molecule has 1 heterocycles. The molecule has 0 unspecified atom stereocenters. The van der Waals surface area contributed by atoms with Gasteiger partial charge in [-0.25, -0.2) is 9.18 Å². The van der Waals surface area contributed by atoms with Crippen LogP contribution >= 0.6 is 23.2 Å². The molecule has 11 heteroatoms. The highest BCUT2D eigenvalue weighted by molar-refractivity contribution is 6.40. The zero-order valence-corrected chi connectivity index (χ0v) is 21.8. The molecule has 38 heavy (non-hydrogen) atoms. The number of nitrogens with zero attached hydrogens (tertiary/aromatic N) is 2. The summed E-state index contributed by atoms with van der Waals surface area (Å²) in [6, 6.07) is 10.2. The van der Waals surface area contributed by atoms with E-state index in [1.54, 1.807) is 43.6 Å². The molecule has 0 radical (unpaired) electrons. The summed E-state index contributed by atoms with van der Waals surface area (Å²) in [6.45, 7) is -0.0394. The molecular weight excluding hydrogens is 536 g/mol. The third kappa shape index (κ3) is 5.03. The summed E-state index contributed by atoms with van der Waals surface area (Å²) in [5, 5.41) is 10.5. The van der Waals surface area contributed by atoms with Crippen molar-refractivity contribution in [1.29, 1.82) is 0 Å². The maximum atomic E-state index is 15.0. The lowest BCUT2D eigenvalue weighted by Crippen LogP contribution is -2.37. The summed E-state index contributed by atoms with van der Waals surface area (Å²) >= 11 is 12.9. The molecule has 3 aromatic rings. The fourth-order valence-electron chi connectivity index (χ4n) is 4.11. The first-order chi connectivity index (χ1) is 18.2. The van der Waals surface area contributed by atoms with Crippen LogP contribution in [-0.2, 0) is 11.3 Å². The van der Waals surface area contributed by atoms with E-state index in [9.17, 15) is 19.1 Å². The molecule has 0 fully saturated rings. The average Bonchev–Trinajstić information content (AvgIpc) is 2.91. The molecule has 3 aromatic carbocycles. The van der Waals surface area contributed by atoms with Crippen LogP contribution < -0.4 is 10.5 Å². The quantitative estimate of drug-likeness (QED) is 0.325. The van der Waals surface area contributed by atoms with Crippen molar-refractivity contribution in [3.8, 4) is 22.6 Å². The van der Waals surface area contributed by atoms with Gasteiger partial charge in [-0.15, -0.1) is 0 Å². The molecule has 0 aromatic heterocycles. The summed E-state index contributed by atoms with van der Waals surface area (Å²) in [6.07, 6.45) is 2.90. The number of aliphatic imine (C=N–C) groups is 1. The van der Waals surface area contributed by atoms with Crippen LogP contribution in [0.1, 0.15) is 31.8 Å². The van der Waals surface area contributed by atoms with E-state index in [1.165, 1.54) is 11.1 Å². The molecule has 0 spiro atoms. The van der Waals surface area contributed by atoms with Crippen LogP contribution in [-0.4, -0.2) is 49.0 Å². The second-order valence-electron chi connectivity index (χ2n) is 8.24. The Balaban J connectivity index is 1.65. The first kappa shape index (κ1) is 27.0. The molecular formula is C27H22Cl2FN3O5. The van der Waals surface area contributed by atoms with Crippen molar-refractivity contribution in [2.45, 2.75) is 6.54 Å². The number of rotatable bonds is 5. The fourth-order valence-corrected chi connectivity index (χ4v) is 4.76. The van der Waals surface area contributed by atoms with E-state index < -0.39 is 23.4 Å². The second-order valence-corrected chi connectivity index (χ2v) is 9.05. The van der Waals surface area contributed by atoms with Crippen molar-refractivity contribution in [1.82, 2.24) is 4.90 Å². The minimum Gasteiger partial charge on any atom is -0.507 e. The molecule has 0 saturated heterocycles. The number of methoxy groups -OCH3 is 1. The lowest BCUT2D eigenvalue weighted by Gasteiger charge is -2.31. The number of phenols is 1. The molecule has 1 aliphatic rings. The second kappa shape index (κ2) is 11.1. The number of ether oxygens (including phenoxy) is 2. The lowest BCUT2D eigenvalue weighted by molar-refractivity contribution is 0.0515. The third-order valence-corrected chi connectivity index (χ3v) is 6.52. The zero-order chi connectivity index (χ0) is 27.6. The molecule has 0 bridgehead atoms. The molecule has 1 amide bonds. The summed E-state index contributed by atoms with van der Waals surface area (Å²) in [4.78, 5) is 30.5. The smallest absolute Gasteiger partial charge is 0.341 e. The monoisotopic (exact) mass is 557 g/mol. The predicted molar refractivity (Wildman–Crippen MR) is 143 cm³/mol. The molecule has 0 atom stereocenters. The number of fused-ring (bicyclic) bond motifs is 1. The van der Waals surface area contributed by atoms with Gasteiger partial charge in [0.2, 0.25) is 0 Å². The average molecular weight is 558 g/mol. The summed E-state index contributed by atoms with van der Waals surface area (Å²) < 4.78 is 25.4. The van der Waals surface area contributed by atoms with Gasteiger partial charge in [0.1, 0.15) is 22.9 Å². The Labute approximate surface area is 227 Å². The van der Waals surface area contributed by atoms with E-state index in [-0.39, 0.29) is 40.0 Å². The highest BCUT2D eigenvalue weighted by Crippen LogP contribution is 2.40. The SMILES string of the molecule is CN=CC(=CN)c1cc(Cl)c(C(=O)N2COc3c(cccc3-c3cc(O)c(C(=O)OC)cc3F)C2)c(Cl)c1. The number of hydrogen-bond acceptors (Lipinski definition) is 7. The van der Waals surface area contributed by atoms with Crippen LogP contribution in [0.25, 0.3) is 16.7 Å². The number of benzene rings is 3. The Hall–Kier alpha value is -4.08. The third-order valence-electron chi connectivity index (χ3n) is 5.93. The van der Waals surface area contributed by atoms with Crippen molar-refractivity contribution in [3.63, 3.8) is 0 Å². The number of carbonyl (C=O) groups excluding carboxylic acids is 2. The van der Waals surface area contributed by atoms with Crippen molar-refractivity contribution in [3.05, 3.63) is 86.8 Å². The normalized spacial score (nSPS) is 13.3. The Morgan fingerprint density at radius 1 is 1.18 bits per heavy atom. The van der Waals surface area contributed by atoms with Gasteiger partial charge < -0.3 is 25.2 Å². The van der Waals surface area contributed by atoms with Crippen LogP contribution in [0.3, 0.4) is 0 Å². The van der Waals surface area contributed by atoms with Crippen molar-refractivity contribution in [2.24, 2.45) is 10.7 Å². The van der Waals surface area contributed by atoms with Crippen LogP contribution in [0.2, 0.25) is 10.0 Å². The largest absolute Gasteiger partial charge is 0.507 e. The highest BCUT2D eigenvalue weighted by atomic mass is 35.5. The minimum atomic E-state index is -0.868. The maximum Gasteiger partial charge on any atom is 0.341 e. The Bertz CT molecular complexity index is 1480. The van der Waals surface area contributed by atoms with Crippen molar-refractivity contribution in [2.75, 3.05) is 20.9 Å². The molecule has 0 aliphatic carbocycles. The number of phenolic OH excluding ortho intramolecular Hbond substituents is 1. The minimum absolute atomic E-state index is 0.0211. The van der Waals surface area contributed by atoms with Crippen LogP contribution in [0.5, 0.6) is 11.5 Å². The standard InChI is InChI=1S/C27H22Cl2FN3O5/c1-32-11-16(10-31)15-6-20(28)24(21(29)7-15)26(35)33-12-14-4-3-5-17(25(14)38-13-33)18-9-23(34)19(8-22(18)30)27(36)37-2/h3-11,34H,12-13,31H2,1-2H3. The predicted octanol–water partition coefficient (Wildman–Crippen LogP) is 5.28. The highest BCUT2D eigenvalue weighted by Gasteiger charge is 2.29. The van der Waals surface area contributed by atoms with Gasteiger partial charge in [-0.05, 0) is 29.8 Å².